The molecular formula is C16H14ClN3O2S. The summed E-state index contributed by atoms with van der Waals surface area (Å²) >= 11 is 7.27. The zero-order valence-electron chi connectivity index (χ0n) is 12.6. The number of hydrogen-bond acceptors (Lipinski definition) is 6. The van der Waals surface area contributed by atoms with Gasteiger partial charge in [0.15, 0.2) is 0 Å². The number of thiophene rings is 1. The van der Waals surface area contributed by atoms with E-state index >= 15 is 0 Å². The SMILES string of the molecule is COC(=O)c1sc2nc(Cl)nc(NCc3ccccc3)c2c1C. The number of rotatable bonds is 4. The third kappa shape index (κ3) is 3.13. The van der Waals surface area contributed by atoms with Crippen LogP contribution in [-0.2, 0) is 11.3 Å². The fourth-order valence-corrected chi connectivity index (χ4v) is 3.63. The number of anilines is 1. The molecule has 3 aromatic rings. The summed E-state index contributed by atoms with van der Waals surface area (Å²) in [6.07, 6.45) is 0. The van der Waals surface area contributed by atoms with Crippen LogP contribution in [0.5, 0.6) is 0 Å². The number of hydrogen-bond donors (Lipinski definition) is 1. The molecule has 5 nitrogen and oxygen atoms in total. The fraction of sp³-hybridized carbons (Fsp3) is 0.188. The summed E-state index contributed by atoms with van der Waals surface area (Å²) < 4.78 is 4.82. The molecule has 0 saturated heterocycles. The van der Waals surface area contributed by atoms with Crippen molar-refractivity contribution in [3.63, 3.8) is 0 Å². The maximum atomic E-state index is 11.9. The molecule has 2 aromatic heterocycles. The molecule has 0 aliphatic carbocycles. The van der Waals surface area contributed by atoms with Gasteiger partial charge < -0.3 is 10.1 Å². The van der Waals surface area contributed by atoms with Crippen molar-refractivity contribution in [1.82, 2.24) is 9.97 Å². The summed E-state index contributed by atoms with van der Waals surface area (Å²) in [6.45, 7) is 2.46. The van der Waals surface area contributed by atoms with Gasteiger partial charge in [0.25, 0.3) is 0 Å². The van der Waals surface area contributed by atoms with E-state index in [1.54, 1.807) is 0 Å². The molecule has 3 rings (SSSR count). The number of carbonyl (C=O) groups excluding carboxylic acids is 1. The van der Waals surface area contributed by atoms with Crippen LogP contribution in [0.2, 0.25) is 5.28 Å². The summed E-state index contributed by atoms with van der Waals surface area (Å²) in [5, 5.41) is 4.22. The number of ether oxygens (including phenoxy) is 1. The van der Waals surface area contributed by atoms with Crippen LogP contribution in [0.3, 0.4) is 0 Å². The molecule has 0 bridgehead atoms. The molecule has 0 atom stereocenters. The molecule has 0 saturated carbocycles. The number of benzene rings is 1. The van der Waals surface area contributed by atoms with Crippen LogP contribution in [0.25, 0.3) is 10.2 Å². The zero-order chi connectivity index (χ0) is 16.4. The smallest absolute Gasteiger partial charge is 0.348 e. The van der Waals surface area contributed by atoms with Gasteiger partial charge in [0.1, 0.15) is 15.5 Å². The minimum Gasteiger partial charge on any atom is -0.465 e. The lowest BCUT2D eigenvalue weighted by atomic mass is 10.2. The average molecular weight is 348 g/mol. The van der Waals surface area contributed by atoms with Crippen molar-refractivity contribution in [3.8, 4) is 0 Å². The largest absolute Gasteiger partial charge is 0.465 e. The first-order valence-corrected chi connectivity index (χ1v) is 8.12. The number of aryl methyl sites for hydroxylation is 1. The minimum absolute atomic E-state index is 0.144. The van der Waals surface area contributed by atoms with Crippen LogP contribution >= 0.6 is 22.9 Å². The maximum Gasteiger partial charge on any atom is 0.348 e. The monoisotopic (exact) mass is 347 g/mol. The van der Waals surface area contributed by atoms with Crippen molar-refractivity contribution >= 4 is 44.9 Å². The lowest BCUT2D eigenvalue weighted by Gasteiger charge is -2.08. The first kappa shape index (κ1) is 15.7. The number of esters is 1. The molecule has 0 unspecified atom stereocenters. The third-order valence-electron chi connectivity index (χ3n) is 3.44. The average Bonchev–Trinajstić information content (AvgIpc) is 2.89. The molecule has 23 heavy (non-hydrogen) atoms. The van der Waals surface area contributed by atoms with Gasteiger partial charge in [-0.2, -0.15) is 0 Å². The van der Waals surface area contributed by atoms with E-state index in [-0.39, 0.29) is 11.3 Å². The molecule has 1 aromatic carbocycles. The Bertz CT molecular complexity index is 865. The Hall–Kier alpha value is -2.18. The van der Waals surface area contributed by atoms with Gasteiger partial charge in [-0.3, -0.25) is 0 Å². The van der Waals surface area contributed by atoms with Crippen molar-refractivity contribution in [2.75, 3.05) is 12.4 Å². The van der Waals surface area contributed by atoms with Crippen LogP contribution < -0.4 is 5.32 Å². The Labute approximate surface area is 142 Å². The van der Waals surface area contributed by atoms with Crippen molar-refractivity contribution < 1.29 is 9.53 Å². The summed E-state index contributed by atoms with van der Waals surface area (Å²) in [5.41, 5.74) is 1.92. The van der Waals surface area contributed by atoms with Crippen molar-refractivity contribution in [3.05, 3.63) is 51.6 Å². The van der Waals surface area contributed by atoms with E-state index in [9.17, 15) is 4.79 Å². The highest BCUT2D eigenvalue weighted by Crippen LogP contribution is 2.35. The Morgan fingerprint density at radius 1 is 1.30 bits per heavy atom. The van der Waals surface area contributed by atoms with Gasteiger partial charge in [0.2, 0.25) is 5.28 Å². The van der Waals surface area contributed by atoms with Crippen molar-refractivity contribution in [2.45, 2.75) is 13.5 Å². The number of nitrogens with zero attached hydrogens (tertiary/aromatic N) is 2. The lowest BCUT2D eigenvalue weighted by Crippen LogP contribution is -2.03. The van der Waals surface area contributed by atoms with Crippen LogP contribution in [0.4, 0.5) is 5.82 Å². The lowest BCUT2D eigenvalue weighted by molar-refractivity contribution is 0.0605. The third-order valence-corrected chi connectivity index (χ3v) is 4.77. The van der Waals surface area contributed by atoms with E-state index in [1.807, 2.05) is 37.3 Å². The molecule has 0 amide bonds. The van der Waals surface area contributed by atoms with Gasteiger partial charge in [0, 0.05) is 6.54 Å². The van der Waals surface area contributed by atoms with Gasteiger partial charge in [-0.05, 0) is 29.7 Å². The molecule has 2 heterocycles. The van der Waals surface area contributed by atoms with Crippen molar-refractivity contribution in [1.29, 1.82) is 0 Å². The Kier molecular flexibility index (Phi) is 4.45. The normalized spacial score (nSPS) is 10.7. The number of halogens is 1. The summed E-state index contributed by atoms with van der Waals surface area (Å²) in [5.74, 6) is 0.239. The number of fused-ring (bicyclic) bond motifs is 1. The molecule has 0 fully saturated rings. The van der Waals surface area contributed by atoms with Gasteiger partial charge in [-0.15, -0.1) is 11.3 Å². The number of carbonyl (C=O) groups is 1. The Morgan fingerprint density at radius 2 is 2.04 bits per heavy atom. The van der Waals surface area contributed by atoms with E-state index in [2.05, 4.69) is 15.3 Å². The second-order valence-corrected chi connectivity index (χ2v) is 6.25. The summed E-state index contributed by atoms with van der Waals surface area (Å²) in [6, 6.07) is 9.96. The summed E-state index contributed by atoms with van der Waals surface area (Å²) in [7, 11) is 1.36. The molecular weight excluding hydrogens is 334 g/mol. The van der Waals surface area contributed by atoms with E-state index in [0.717, 1.165) is 16.5 Å². The highest BCUT2D eigenvalue weighted by Gasteiger charge is 2.20. The van der Waals surface area contributed by atoms with E-state index in [1.165, 1.54) is 18.4 Å². The van der Waals surface area contributed by atoms with Crippen LogP contribution in [-0.4, -0.2) is 23.0 Å². The van der Waals surface area contributed by atoms with Gasteiger partial charge in [-0.1, -0.05) is 30.3 Å². The number of nitrogens with one attached hydrogen (secondary N) is 1. The standard InChI is InChI=1S/C16H14ClN3O2S/c1-9-11-13(18-8-10-6-4-3-5-7-10)19-16(17)20-14(11)23-12(9)15(21)22-2/h3-7H,8H2,1-2H3,(H,18,19,20). The molecule has 0 aliphatic rings. The molecule has 0 aliphatic heterocycles. The predicted molar refractivity (Wildman–Crippen MR) is 92.3 cm³/mol. The zero-order valence-corrected chi connectivity index (χ0v) is 14.2. The van der Waals surface area contributed by atoms with Crippen LogP contribution in [0, 0.1) is 6.92 Å². The first-order chi connectivity index (χ1) is 11.1. The Balaban J connectivity index is 2.02. The second kappa shape index (κ2) is 6.52. The maximum absolute atomic E-state index is 11.9. The van der Waals surface area contributed by atoms with Gasteiger partial charge in [-0.25, -0.2) is 14.8 Å². The van der Waals surface area contributed by atoms with Gasteiger partial charge in [0.05, 0.1) is 12.5 Å². The molecule has 118 valence electrons. The molecule has 0 spiro atoms. The predicted octanol–water partition coefficient (Wildman–Crippen LogP) is 4.05. The molecule has 1 N–H and O–H groups in total. The highest BCUT2D eigenvalue weighted by atomic mass is 35.5. The molecule has 0 radical (unpaired) electrons. The molecule has 7 heteroatoms. The topological polar surface area (TPSA) is 64.1 Å². The highest BCUT2D eigenvalue weighted by molar-refractivity contribution is 7.20. The van der Waals surface area contributed by atoms with Crippen LogP contribution in [0.1, 0.15) is 20.8 Å². The fourth-order valence-electron chi connectivity index (χ4n) is 2.31. The number of aromatic nitrogens is 2. The first-order valence-electron chi connectivity index (χ1n) is 6.93. The summed E-state index contributed by atoms with van der Waals surface area (Å²) in [4.78, 5) is 21.5. The van der Waals surface area contributed by atoms with E-state index < -0.39 is 0 Å². The van der Waals surface area contributed by atoms with Crippen LogP contribution in [0.15, 0.2) is 30.3 Å². The Morgan fingerprint density at radius 3 is 2.74 bits per heavy atom. The number of methoxy groups -OCH3 is 1. The van der Waals surface area contributed by atoms with Crippen molar-refractivity contribution in [2.24, 2.45) is 0 Å². The van der Waals surface area contributed by atoms with E-state index in [4.69, 9.17) is 16.3 Å². The second-order valence-electron chi connectivity index (χ2n) is 4.91. The quantitative estimate of drug-likeness (QED) is 0.569. The van der Waals surface area contributed by atoms with E-state index in [0.29, 0.717) is 22.1 Å². The minimum atomic E-state index is -0.379. The van der Waals surface area contributed by atoms with Gasteiger partial charge >= 0.3 is 5.97 Å².